The predicted molar refractivity (Wildman–Crippen MR) is 170 cm³/mol. The van der Waals surface area contributed by atoms with Crippen molar-refractivity contribution >= 4 is 17.8 Å². The first-order valence-corrected chi connectivity index (χ1v) is 15.6. The Balaban J connectivity index is 1.69. The molecule has 1 aliphatic rings. The average Bonchev–Trinajstić information content (AvgIpc) is 3.44. The van der Waals surface area contributed by atoms with E-state index in [9.17, 15) is 35.9 Å². The van der Waals surface area contributed by atoms with Gasteiger partial charge in [0.2, 0.25) is 5.90 Å². The second-order valence-electron chi connectivity index (χ2n) is 12.5. The van der Waals surface area contributed by atoms with Gasteiger partial charge in [0.1, 0.15) is 11.4 Å². The summed E-state index contributed by atoms with van der Waals surface area (Å²) in [4.78, 5) is 31.7. The standard InChI is InChI=1S/C35H37F6N3O6/c1-32(2,3)50-28(46)14-15-33(31(47)44-42-21-22-18-25(34(36,37)38)20-26(19-22)35(39,40)41)29(23-8-5-4-6-9-23)49-30(43-33)24-10-12-27(13-11-24)48-17-7-16-45/h4-6,8-13,18-20,29,42,45H,7,14-17,21H2,1-3H3,(H,44,47)/t29-,33-/m0/s1. The fourth-order valence-corrected chi connectivity index (χ4v) is 5.14. The smallest absolute Gasteiger partial charge is 0.416 e. The van der Waals surface area contributed by atoms with Gasteiger partial charge in [0.15, 0.2) is 11.6 Å². The van der Waals surface area contributed by atoms with Gasteiger partial charge in [-0.3, -0.25) is 15.0 Å². The van der Waals surface area contributed by atoms with Crippen LogP contribution in [0.1, 0.15) is 74.0 Å². The second kappa shape index (κ2) is 15.5. The first kappa shape index (κ1) is 38.2. The van der Waals surface area contributed by atoms with Crippen molar-refractivity contribution in [3.05, 3.63) is 101 Å². The van der Waals surface area contributed by atoms with Gasteiger partial charge in [-0.2, -0.15) is 26.3 Å². The number of hydrazine groups is 1. The lowest BCUT2D eigenvalue weighted by Gasteiger charge is -2.31. The molecule has 0 radical (unpaired) electrons. The zero-order chi connectivity index (χ0) is 36.7. The first-order chi connectivity index (χ1) is 23.4. The van der Waals surface area contributed by atoms with Gasteiger partial charge in [-0.1, -0.05) is 30.3 Å². The number of amides is 1. The molecule has 4 rings (SSSR count). The SMILES string of the molecule is CC(C)(C)OC(=O)CC[C@]1(C(=O)NNCc2cc(C(F)(F)F)cc(C(F)(F)F)c2)N=C(c2ccc(OCCCO)cc2)O[C@H]1c1ccccc1. The van der Waals surface area contributed by atoms with Gasteiger partial charge in [-0.05, 0) is 80.8 Å². The maximum Gasteiger partial charge on any atom is 0.416 e. The molecule has 3 N–H and O–H groups in total. The third-order valence-electron chi connectivity index (χ3n) is 7.40. The molecule has 0 saturated heterocycles. The number of esters is 1. The number of nitrogens with one attached hydrogen (secondary N) is 2. The van der Waals surface area contributed by atoms with Crippen molar-refractivity contribution in [1.29, 1.82) is 0 Å². The minimum Gasteiger partial charge on any atom is -0.494 e. The number of aliphatic hydroxyl groups excluding tert-OH is 1. The van der Waals surface area contributed by atoms with Crippen LogP contribution in [0.15, 0.2) is 77.8 Å². The first-order valence-electron chi connectivity index (χ1n) is 15.6. The van der Waals surface area contributed by atoms with Crippen molar-refractivity contribution in [2.45, 2.75) is 76.2 Å². The zero-order valence-corrected chi connectivity index (χ0v) is 27.5. The number of hydrogen-bond donors (Lipinski definition) is 3. The van der Waals surface area contributed by atoms with Crippen molar-refractivity contribution in [2.75, 3.05) is 13.2 Å². The highest BCUT2D eigenvalue weighted by atomic mass is 19.4. The number of rotatable bonds is 13. The highest BCUT2D eigenvalue weighted by Gasteiger charge is 2.53. The molecule has 9 nitrogen and oxygen atoms in total. The van der Waals surface area contributed by atoms with Crippen LogP contribution >= 0.6 is 0 Å². The fourth-order valence-electron chi connectivity index (χ4n) is 5.14. The van der Waals surface area contributed by atoms with Crippen molar-refractivity contribution in [2.24, 2.45) is 4.99 Å². The topological polar surface area (TPSA) is 118 Å². The van der Waals surface area contributed by atoms with E-state index in [0.717, 1.165) is 0 Å². The Morgan fingerprint density at radius 3 is 2.10 bits per heavy atom. The number of hydrogen-bond acceptors (Lipinski definition) is 8. The molecule has 0 aromatic heterocycles. The lowest BCUT2D eigenvalue weighted by Crippen LogP contribution is -2.52. The summed E-state index contributed by atoms with van der Waals surface area (Å²) in [6.07, 6.45) is -11.3. The zero-order valence-electron chi connectivity index (χ0n) is 27.5. The minimum absolute atomic E-state index is 0.0120. The number of benzene rings is 3. The molecule has 270 valence electrons. The normalized spacial score (nSPS) is 17.9. The maximum absolute atomic E-state index is 14.2. The number of aliphatic hydroxyl groups is 1. The molecular formula is C35H37F6N3O6. The molecule has 1 heterocycles. The van der Waals surface area contributed by atoms with Gasteiger partial charge >= 0.3 is 18.3 Å². The van der Waals surface area contributed by atoms with E-state index in [0.29, 0.717) is 35.4 Å². The average molecular weight is 710 g/mol. The molecule has 0 aliphatic carbocycles. The minimum atomic E-state index is -5.05. The summed E-state index contributed by atoms with van der Waals surface area (Å²) >= 11 is 0. The highest BCUT2D eigenvalue weighted by molar-refractivity contribution is 6.01. The summed E-state index contributed by atoms with van der Waals surface area (Å²) in [7, 11) is 0. The quantitative estimate of drug-likeness (QED) is 0.0784. The second-order valence-corrected chi connectivity index (χ2v) is 12.5. The van der Waals surface area contributed by atoms with E-state index >= 15 is 0 Å². The van der Waals surface area contributed by atoms with Gasteiger partial charge < -0.3 is 19.3 Å². The summed E-state index contributed by atoms with van der Waals surface area (Å²) in [5.74, 6) is -0.965. The number of aliphatic imine (C=N–C) groups is 1. The Hall–Kier alpha value is -4.63. The van der Waals surface area contributed by atoms with Gasteiger partial charge in [0.25, 0.3) is 5.91 Å². The van der Waals surface area contributed by atoms with Crippen molar-refractivity contribution in [3.63, 3.8) is 0 Å². The fraction of sp³-hybridized carbons (Fsp3) is 0.400. The van der Waals surface area contributed by atoms with Crippen LogP contribution in [-0.2, 0) is 38.0 Å². The highest BCUT2D eigenvalue weighted by Crippen LogP contribution is 2.43. The van der Waals surface area contributed by atoms with Gasteiger partial charge in [0.05, 0.1) is 17.7 Å². The Bertz CT molecular complexity index is 1620. The maximum atomic E-state index is 14.2. The lowest BCUT2D eigenvalue weighted by molar-refractivity contribution is -0.155. The van der Waals surface area contributed by atoms with E-state index in [-0.39, 0.29) is 38.0 Å². The molecule has 1 amide bonds. The summed E-state index contributed by atoms with van der Waals surface area (Å²) in [5.41, 5.74) is -0.338. The summed E-state index contributed by atoms with van der Waals surface area (Å²) in [6.45, 7) is 4.64. The third kappa shape index (κ3) is 9.97. The number of nitrogens with zero attached hydrogens (tertiary/aromatic N) is 1. The van der Waals surface area contributed by atoms with E-state index in [1.165, 1.54) is 0 Å². The van der Waals surface area contributed by atoms with Crippen LogP contribution < -0.4 is 15.6 Å². The molecule has 0 bridgehead atoms. The molecule has 3 aromatic rings. The predicted octanol–water partition coefficient (Wildman–Crippen LogP) is 6.69. The Kier molecular flexibility index (Phi) is 11.8. The number of carbonyl (C=O) groups is 2. The summed E-state index contributed by atoms with van der Waals surface area (Å²) < 4.78 is 97.9. The van der Waals surface area contributed by atoms with E-state index in [1.807, 2.05) is 0 Å². The molecule has 0 spiro atoms. The van der Waals surface area contributed by atoms with Gasteiger partial charge in [-0.15, -0.1) is 0 Å². The summed E-state index contributed by atoms with van der Waals surface area (Å²) in [5, 5.41) is 9.01. The van der Waals surface area contributed by atoms with E-state index in [1.54, 1.807) is 75.4 Å². The monoisotopic (exact) mass is 709 g/mol. The Morgan fingerprint density at radius 2 is 1.54 bits per heavy atom. The molecule has 15 heteroatoms. The van der Waals surface area contributed by atoms with Crippen LogP contribution in [0.25, 0.3) is 0 Å². The van der Waals surface area contributed by atoms with Gasteiger partial charge in [-0.25, -0.2) is 10.4 Å². The number of halogens is 6. The molecule has 50 heavy (non-hydrogen) atoms. The molecule has 3 aromatic carbocycles. The molecule has 0 unspecified atom stereocenters. The number of alkyl halides is 6. The Morgan fingerprint density at radius 1 is 0.920 bits per heavy atom. The van der Waals surface area contributed by atoms with Gasteiger partial charge in [0, 0.05) is 31.6 Å². The van der Waals surface area contributed by atoms with Crippen molar-refractivity contribution in [3.8, 4) is 5.75 Å². The van der Waals surface area contributed by atoms with Crippen LogP contribution in [0, 0.1) is 0 Å². The summed E-state index contributed by atoms with van der Waals surface area (Å²) in [6, 6.07) is 16.2. The van der Waals surface area contributed by atoms with Crippen molar-refractivity contribution in [1.82, 2.24) is 10.9 Å². The molecule has 1 aliphatic heterocycles. The molecule has 2 atom stereocenters. The third-order valence-corrected chi connectivity index (χ3v) is 7.40. The van der Waals surface area contributed by atoms with Crippen LogP contribution in [0.2, 0.25) is 0 Å². The Labute approximate surface area is 284 Å². The largest absolute Gasteiger partial charge is 0.494 e. The van der Waals surface area contributed by atoms with E-state index < -0.39 is 64.7 Å². The van der Waals surface area contributed by atoms with Crippen LogP contribution in [0.4, 0.5) is 26.3 Å². The lowest BCUT2D eigenvalue weighted by atomic mass is 9.83. The van der Waals surface area contributed by atoms with Crippen LogP contribution in [-0.4, -0.2) is 47.2 Å². The van der Waals surface area contributed by atoms with E-state index in [2.05, 4.69) is 10.9 Å². The number of ether oxygens (including phenoxy) is 3. The molecule has 0 saturated carbocycles. The van der Waals surface area contributed by atoms with Crippen LogP contribution in [0.3, 0.4) is 0 Å². The number of carbonyl (C=O) groups excluding carboxylic acids is 2. The molecular weight excluding hydrogens is 672 g/mol. The van der Waals surface area contributed by atoms with Crippen LogP contribution in [0.5, 0.6) is 5.75 Å². The molecule has 0 fully saturated rings. The van der Waals surface area contributed by atoms with Crippen molar-refractivity contribution < 1.29 is 55.2 Å². The van der Waals surface area contributed by atoms with E-state index in [4.69, 9.17) is 24.3 Å².